The molecule has 0 unspecified atom stereocenters. The normalized spacial score (nSPS) is 13.6. The Kier molecular flexibility index (Phi) is 4.85. The van der Waals surface area contributed by atoms with Gasteiger partial charge in [-0.1, -0.05) is 69.4 Å². The summed E-state index contributed by atoms with van der Waals surface area (Å²) in [5.41, 5.74) is 4.63. The molecule has 92 valence electrons. The standard InChI is InChI=1S/C17H24/c1-2-3-4-5-6-7-10-15-13-14-16-11-8-9-12-17(15)16/h8-9,11-13H,2-7,10,14H2,1H3. The van der Waals surface area contributed by atoms with Crippen molar-refractivity contribution in [2.45, 2.75) is 58.3 Å². The predicted octanol–water partition coefficient (Wildman–Crippen LogP) is 5.38. The molecule has 0 atom stereocenters. The zero-order chi connectivity index (χ0) is 11.9. The number of fused-ring (bicyclic) bond motifs is 1. The minimum absolute atomic E-state index is 1.15. The summed E-state index contributed by atoms with van der Waals surface area (Å²) in [7, 11) is 0. The average molecular weight is 228 g/mol. The first-order valence-corrected chi connectivity index (χ1v) is 7.19. The molecule has 0 aromatic heterocycles. The predicted molar refractivity (Wildman–Crippen MR) is 76.1 cm³/mol. The molecule has 0 heterocycles. The lowest BCUT2D eigenvalue weighted by molar-refractivity contribution is 0.613. The van der Waals surface area contributed by atoms with Crippen molar-refractivity contribution >= 4 is 5.57 Å². The zero-order valence-electron chi connectivity index (χ0n) is 11.0. The second-order valence-corrected chi connectivity index (χ2v) is 5.11. The lowest BCUT2D eigenvalue weighted by atomic mass is 10.00. The third-order valence-electron chi connectivity index (χ3n) is 3.73. The zero-order valence-corrected chi connectivity index (χ0v) is 11.0. The van der Waals surface area contributed by atoms with Gasteiger partial charge in [-0.2, -0.15) is 0 Å². The van der Waals surface area contributed by atoms with Crippen LogP contribution in [0.25, 0.3) is 5.57 Å². The van der Waals surface area contributed by atoms with Crippen LogP contribution in [0.3, 0.4) is 0 Å². The molecule has 17 heavy (non-hydrogen) atoms. The highest BCUT2D eigenvalue weighted by Crippen LogP contribution is 2.30. The molecule has 0 N–H and O–H groups in total. The highest BCUT2D eigenvalue weighted by Gasteiger charge is 2.11. The van der Waals surface area contributed by atoms with E-state index in [0.29, 0.717) is 0 Å². The summed E-state index contributed by atoms with van der Waals surface area (Å²) in [6, 6.07) is 8.87. The van der Waals surface area contributed by atoms with Crippen LogP contribution in [0.4, 0.5) is 0 Å². The molecule has 0 spiro atoms. The molecule has 0 saturated heterocycles. The Labute approximate surface area is 106 Å². The van der Waals surface area contributed by atoms with E-state index in [9.17, 15) is 0 Å². The molecule has 0 saturated carbocycles. The van der Waals surface area contributed by atoms with Crippen LogP contribution >= 0.6 is 0 Å². The molecule has 0 bridgehead atoms. The van der Waals surface area contributed by atoms with Crippen LogP contribution in [0.15, 0.2) is 30.3 Å². The summed E-state index contributed by atoms with van der Waals surface area (Å²) in [4.78, 5) is 0. The third-order valence-corrected chi connectivity index (χ3v) is 3.73. The van der Waals surface area contributed by atoms with Gasteiger partial charge in [0.1, 0.15) is 0 Å². The summed E-state index contributed by atoms with van der Waals surface area (Å²) in [6.07, 6.45) is 13.2. The lowest BCUT2D eigenvalue weighted by Gasteiger charge is -2.05. The van der Waals surface area contributed by atoms with Gasteiger partial charge in [-0.05, 0) is 36.0 Å². The summed E-state index contributed by atoms with van der Waals surface area (Å²) in [5.74, 6) is 0. The van der Waals surface area contributed by atoms with E-state index >= 15 is 0 Å². The van der Waals surface area contributed by atoms with E-state index in [0.717, 1.165) is 6.42 Å². The fraction of sp³-hybridized carbons (Fsp3) is 0.529. The Morgan fingerprint density at radius 3 is 2.59 bits per heavy atom. The van der Waals surface area contributed by atoms with Crippen molar-refractivity contribution in [3.05, 3.63) is 41.5 Å². The smallest absolute Gasteiger partial charge is 0.00854 e. The van der Waals surface area contributed by atoms with Crippen LogP contribution in [-0.2, 0) is 6.42 Å². The first-order valence-electron chi connectivity index (χ1n) is 7.19. The number of rotatable bonds is 7. The van der Waals surface area contributed by atoms with Gasteiger partial charge in [0, 0.05) is 0 Å². The van der Waals surface area contributed by atoms with Gasteiger partial charge in [0.25, 0.3) is 0 Å². The van der Waals surface area contributed by atoms with Gasteiger partial charge in [-0.3, -0.25) is 0 Å². The van der Waals surface area contributed by atoms with E-state index in [1.165, 1.54) is 56.1 Å². The molecule has 0 nitrogen and oxygen atoms in total. The fourth-order valence-corrected chi connectivity index (χ4v) is 2.69. The molecule has 0 amide bonds. The van der Waals surface area contributed by atoms with Gasteiger partial charge < -0.3 is 0 Å². The van der Waals surface area contributed by atoms with Crippen LogP contribution < -0.4 is 0 Å². The summed E-state index contributed by atoms with van der Waals surface area (Å²) >= 11 is 0. The van der Waals surface area contributed by atoms with Crippen molar-refractivity contribution in [1.82, 2.24) is 0 Å². The van der Waals surface area contributed by atoms with Crippen molar-refractivity contribution in [3.63, 3.8) is 0 Å². The Bertz CT molecular complexity index is 373. The minimum Gasteiger partial charge on any atom is -0.0763 e. The number of benzene rings is 1. The van der Waals surface area contributed by atoms with E-state index < -0.39 is 0 Å². The highest BCUT2D eigenvalue weighted by molar-refractivity contribution is 5.72. The summed E-state index contributed by atoms with van der Waals surface area (Å²) in [6.45, 7) is 2.28. The van der Waals surface area contributed by atoms with Crippen LogP contribution in [0.5, 0.6) is 0 Å². The Morgan fingerprint density at radius 1 is 0.941 bits per heavy atom. The highest BCUT2D eigenvalue weighted by atomic mass is 14.2. The quantitative estimate of drug-likeness (QED) is 0.550. The number of hydrogen-bond acceptors (Lipinski definition) is 0. The van der Waals surface area contributed by atoms with E-state index in [1.54, 1.807) is 5.57 Å². The first kappa shape index (κ1) is 12.4. The molecule has 0 aliphatic heterocycles. The number of unbranched alkanes of at least 4 members (excludes halogenated alkanes) is 5. The summed E-state index contributed by atoms with van der Waals surface area (Å²) < 4.78 is 0. The number of allylic oxidation sites excluding steroid dienone is 2. The van der Waals surface area contributed by atoms with E-state index in [4.69, 9.17) is 0 Å². The maximum atomic E-state index is 2.43. The third kappa shape index (κ3) is 3.46. The van der Waals surface area contributed by atoms with Gasteiger partial charge >= 0.3 is 0 Å². The van der Waals surface area contributed by atoms with Gasteiger partial charge in [0.15, 0.2) is 0 Å². The second-order valence-electron chi connectivity index (χ2n) is 5.11. The van der Waals surface area contributed by atoms with Crippen molar-refractivity contribution in [2.24, 2.45) is 0 Å². The summed E-state index contributed by atoms with van der Waals surface area (Å²) in [5, 5.41) is 0. The van der Waals surface area contributed by atoms with Crippen molar-refractivity contribution < 1.29 is 0 Å². The van der Waals surface area contributed by atoms with E-state index in [-0.39, 0.29) is 0 Å². The maximum Gasteiger partial charge on any atom is -0.00854 e. The van der Waals surface area contributed by atoms with E-state index in [1.807, 2.05) is 0 Å². The number of hydrogen-bond donors (Lipinski definition) is 0. The molecule has 1 aliphatic carbocycles. The molecule has 1 aromatic carbocycles. The molecule has 0 radical (unpaired) electrons. The second kappa shape index (κ2) is 6.64. The van der Waals surface area contributed by atoms with Gasteiger partial charge in [0.2, 0.25) is 0 Å². The molecule has 0 heteroatoms. The Balaban J connectivity index is 1.71. The lowest BCUT2D eigenvalue weighted by Crippen LogP contribution is -1.85. The largest absolute Gasteiger partial charge is 0.0763 e. The minimum atomic E-state index is 1.15. The molecule has 1 aromatic rings. The van der Waals surface area contributed by atoms with Crippen molar-refractivity contribution in [3.8, 4) is 0 Å². The molecular formula is C17H24. The SMILES string of the molecule is CCCCCCCCC1=CCc2ccccc21. The monoisotopic (exact) mass is 228 g/mol. The van der Waals surface area contributed by atoms with Crippen molar-refractivity contribution in [2.75, 3.05) is 0 Å². The molecule has 2 rings (SSSR count). The van der Waals surface area contributed by atoms with Gasteiger partial charge in [0.05, 0.1) is 0 Å². The Morgan fingerprint density at radius 2 is 1.71 bits per heavy atom. The van der Waals surface area contributed by atoms with Crippen LogP contribution in [-0.4, -0.2) is 0 Å². The fourth-order valence-electron chi connectivity index (χ4n) is 2.69. The maximum absolute atomic E-state index is 2.43. The van der Waals surface area contributed by atoms with E-state index in [2.05, 4.69) is 37.3 Å². The first-order chi connectivity index (χ1) is 8.42. The average Bonchev–Trinajstić information content (AvgIpc) is 2.77. The molecule has 1 aliphatic rings. The molecule has 0 fully saturated rings. The van der Waals surface area contributed by atoms with Gasteiger partial charge in [-0.25, -0.2) is 0 Å². The molecular weight excluding hydrogens is 204 g/mol. The van der Waals surface area contributed by atoms with Crippen molar-refractivity contribution in [1.29, 1.82) is 0 Å². The van der Waals surface area contributed by atoms with Crippen LogP contribution in [0, 0.1) is 0 Å². The topological polar surface area (TPSA) is 0 Å². The van der Waals surface area contributed by atoms with Crippen LogP contribution in [0.1, 0.15) is 63.0 Å². The van der Waals surface area contributed by atoms with Crippen LogP contribution in [0.2, 0.25) is 0 Å². The Hall–Kier alpha value is -1.04. The van der Waals surface area contributed by atoms with Gasteiger partial charge in [-0.15, -0.1) is 0 Å².